The van der Waals surface area contributed by atoms with Crippen LogP contribution >= 0.6 is 0 Å². The number of nitrogens with one attached hydrogen (secondary N) is 1. The first kappa shape index (κ1) is 20.2. The fraction of sp³-hybridized carbons (Fsp3) is 0.350. The van der Waals surface area contributed by atoms with E-state index in [1.165, 1.54) is 0 Å². The van der Waals surface area contributed by atoms with Crippen molar-refractivity contribution in [2.24, 2.45) is 0 Å². The highest BCUT2D eigenvalue weighted by Gasteiger charge is 2.12. The summed E-state index contributed by atoms with van der Waals surface area (Å²) in [7, 11) is 1.94. The van der Waals surface area contributed by atoms with Gasteiger partial charge in [0.2, 0.25) is 5.95 Å². The number of carbonyl (C=O) groups is 1. The number of benzene rings is 1. The first-order valence-electron chi connectivity index (χ1n) is 9.54. The van der Waals surface area contributed by atoms with Gasteiger partial charge in [-0.3, -0.25) is 4.79 Å². The van der Waals surface area contributed by atoms with Crippen molar-refractivity contribution in [3.8, 4) is 0 Å². The molecule has 5 N–H and O–H groups in total. The van der Waals surface area contributed by atoms with E-state index < -0.39 is 0 Å². The van der Waals surface area contributed by atoms with Crippen molar-refractivity contribution < 1.29 is 4.79 Å². The molecule has 3 rings (SSSR count). The fourth-order valence-corrected chi connectivity index (χ4v) is 3.07. The Kier molecular flexibility index (Phi) is 6.06. The number of hydrogen-bond acceptors (Lipinski definition) is 8. The van der Waals surface area contributed by atoms with Crippen molar-refractivity contribution in [3.05, 3.63) is 41.7 Å². The van der Waals surface area contributed by atoms with Crippen LogP contribution in [0.4, 0.5) is 17.5 Å². The van der Waals surface area contributed by atoms with Crippen LogP contribution in [0.25, 0.3) is 11.2 Å². The molecule has 3 aromatic rings. The summed E-state index contributed by atoms with van der Waals surface area (Å²) in [6.07, 6.45) is 3.64. The van der Waals surface area contributed by atoms with Crippen LogP contribution in [0, 0.1) is 0 Å². The molecule has 0 saturated heterocycles. The van der Waals surface area contributed by atoms with E-state index in [2.05, 4.69) is 32.2 Å². The topological polar surface area (TPSA) is 136 Å². The predicted molar refractivity (Wildman–Crippen MR) is 114 cm³/mol. The first-order chi connectivity index (χ1) is 13.9. The third-order valence-electron chi connectivity index (χ3n) is 4.57. The molecule has 0 unspecified atom stereocenters. The molecule has 9 nitrogen and oxygen atoms in total. The molecule has 0 fully saturated rings. The highest BCUT2D eigenvalue weighted by atomic mass is 16.1. The maximum atomic E-state index is 12.3. The van der Waals surface area contributed by atoms with Crippen LogP contribution in [0.2, 0.25) is 0 Å². The van der Waals surface area contributed by atoms with Gasteiger partial charge >= 0.3 is 0 Å². The number of fused-ring (bicyclic) bond motifs is 1. The molecule has 0 aliphatic rings. The number of carbonyl (C=O) groups excluding carboxylic acids is 1. The predicted octanol–water partition coefficient (Wildman–Crippen LogP) is 2.14. The van der Waals surface area contributed by atoms with Gasteiger partial charge in [-0.15, -0.1) is 0 Å². The number of nitrogens with two attached hydrogens (primary N) is 2. The Morgan fingerprint density at radius 1 is 1.17 bits per heavy atom. The summed E-state index contributed by atoms with van der Waals surface area (Å²) in [5.74, 6) is 0.217. The Balaban J connectivity index is 1.70. The zero-order valence-corrected chi connectivity index (χ0v) is 16.9. The molecule has 0 bridgehead atoms. The van der Waals surface area contributed by atoms with E-state index in [4.69, 9.17) is 11.5 Å². The van der Waals surface area contributed by atoms with Gasteiger partial charge in [0, 0.05) is 24.3 Å². The van der Waals surface area contributed by atoms with Crippen LogP contribution in [0.15, 0.2) is 30.5 Å². The molecule has 0 aliphatic carbocycles. The van der Waals surface area contributed by atoms with E-state index in [-0.39, 0.29) is 23.7 Å². The Hall–Kier alpha value is -3.49. The zero-order valence-electron chi connectivity index (χ0n) is 16.9. The number of aromatic nitrogens is 4. The monoisotopic (exact) mass is 394 g/mol. The first-order valence-corrected chi connectivity index (χ1v) is 9.54. The van der Waals surface area contributed by atoms with Crippen molar-refractivity contribution in [2.45, 2.75) is 39.3 Å². The summed E-state index contributed by atoms with van der Waals surface area (Å²) in [5.41, 5.74) is 14.6. The van der Waals surface area contributed by atoms with Crippen molar-refractivity contribution in [1.82, 2.24) is 25.3 Å². The van der Waals surface area contributed by atoms with Gasteiger partial charge in [-0.1, -0.05) is 13.3 Å². The van der Waals surface area contributed by atoms with Gasteiger partial charge in [0.15, 0.2) is 17.0 Å². The van der Waals surface area contributed by atoms with Crippen molar-refractivity contribution in [2.75, 3.05) is 23.4 Å². The second kappa shape index (κ2) is 8.68. The molecular weight excluding hydrogens is 368 g/mol. The number of rotatable bonds is 7. The highest BCUT2D eigenvalue weighted by molar-refractivity contribution is 5.94. The lowest BCUT2D eigenvalue weighted by Gasteiger charge is -2.19. The van der Waals surface area contributed by atoms with E-state index in [1.807, 2.05) is 43.1 Å². The molecule has 1 amide bonds. The molecule has 0 radical (unpaired) electrons. The molecule has 9 heteroatoms. The number of anilines is 3. The van der Waals surface area contributed by atoms with Gasteiger partial charge in [-0.05, 0) is 37.6 Å². The second-order valence-electron chi connectivity index (χ2n) is 7.07. The standard InChI is InChI=1S/C20H26N8O/c1-4-5-12(2)24-19(29)13-6-8-15(9-7-13)28(3)11-14-10-23-18-16(25-14)17(21)26-20(22)27-18/h6-10,12H,4-5,11H2,1-3H3,(H,24,29)(H4,21,22,23,26,27)/t12-/m0/s1. The minimum absolute atomic E-state index is 0.0599. The Bertz CT molecular complexity index is 1010. The van der Waals surface area contributed by atoms with Crippen LogP contribution in [0.3, 0.4) is 0 Å². The quantitative estimate of drug-likeness (QED) is 0.554. The van der Waals surface area contributed by atoms with Crippen LogP contribution in [-0.4, -0.2) is 38.9 Å². The maximum Gasteiger partial charge on any atom is 0.251 e. The van der Waals surface area contributed by atoms with Crippen LogP contribution < -0.4 is 21.7 Å². The highest BCUT2D eigenvalue weighted by Crippen LogP contribution is 2.18. The van der Waals surface area contributed by atoms with Gasteiger partial charge in [0.25, 0.3) is 5.91 Å². The van der Waals surface area contributed by atoms with Gasteiger partial charge < -0.3 is 21.7 Å². The molecule has 0 saturated carbocycles. The van der Waals surface area contributed by atoms with Gasteiger partial charge in [0.1, 0.15) is 0 Å². The third-order valence-corrected chi connectivity index (χ3v) is 4.57. The smallest absolute Gasteiger partial charge is 0.251 e. The van der Waals surface area contributed by atoms with E-state index in [0.29, 0.717) is 23.3 Å². The molecule has 29 heavy (non-hydrogen) atoms. The number of nitrogens with zero attached hydrogens (tertiary/aromatic N) is 5. The van der Waals surface area contributed by atoms with Crippen molar-refractivity contribution in [1.29, 1.82) is 0 Å². The molecule has 2 heterocycles. The minimum atomic E-state index is -0.0599. The summed E-state index contributed by atoms with van der Waals surface area (Å²) < 4.78 is 0. The normalized spacial score (nSPS) is 12.0. The number of hydrogen-bond donors (Lipinski definition) is 3. The summed E-state index contributed by atoms with van der Waals surface area (Å²) in [5, 5.41) is 3.01. The fourth-order valence-electron chi connectivity index (χ4n) is 3.07. The van der Waals surface area contributed by atoms with E-state index in [0.717, 1.165) is 24.2 Å². The molecular formula is C20H26N8O. The van der Waals surface area contributed by atoms with E-state index >= 15 is 0 Å². The lowest BCUT2D eigenvalue weighted by molar-refractivity contribution is 0.0938. The average molecular weight is 394 g/mol. The summed E-state index contributed by atoms with van der Waals surface area (Å²) >= 11 is 0. The maximum absolute atomic E-state index is 12.3. The zero-order chi connectivity index (χ0) is 21.0. The lowest BCUT2D eigenvalue weighted by Crippen LogP contribution is -2.32. The van der Waals surface area contributed by atoms with Gasteiger partial charge in [0.05, 0.1) is 18.4 Å². The molecule has 1 atom stereocenters. The summed E-state index contributed by atoms with van der Waals surface area (Å²) in [6, 6.07) is 7.62. The molecule has 0 spiro atoms. The van der Waals surface area contributed by atoms with Crippen molar-refractivity contribution >= 4 is 34.5 Å². The molecule has 152 valence electrons. The summed E-state index contributed by atoms with van der Waals surface area (Å²) in [4.78, 5) is 31.1. The lowest BCUT2D eigenvalue weighted by atomic mass is 10.1. The third kappa shape index (κ3) is 4.87. The summed E-state index contributed by atoms with van der Waals surface area (Å²) in [6.45, 7) is 4.62. The van der Waals surface area contributed by atoms with Crippen LogP contribution in [-0.2, 0) is 6.54 Å². The van der Waals surface area contributed by atoms with Gasteiger partial charge in [-0.2, -0.15) is 9.97 Å². The number of amides is 1. The average Bonchev–Trinajstić information content (AvgIpc) is 2.68. The van der Waals surface area contributed by atoms with E-state index in [1.54, 1.807) is 6.20 Å². The number of nitrogen functional groups attached to an aromatic ring is 2. The van der Waals surface area contributed by atoms with Crippen molar-refractivity contribution in [3.63, 3.8) is 0 Å². The molecule has 1 aromatic carbocycles. The Labute approximate surface area is 169 Å². The van der Waals surface area contributed by atoms with Gasteiger partial charge in [-0.25, -0.2) is 9.97 Å². The minimum Gasteiger partial charge on any atom is -0.382 e. The SMILES string of the molecule is CCC[C@H](C)NC(=O)c1ccc(N(C)Cc2cnc3nc(N)nc(N)c3n2)cc1. The van der Waals surface area contributed by atoms with Crippen LogP contribution in [0.1, 0.15) is 42.7 Å². The molecule has 2 aromatic heterocycles. The molecule has 0 aliphatic heterocycles. The Morgan fingerprint density at radius 2 is 1.90 bits per heavy atom. The van der Waals surface area contributed by atoms with Crippen LogP contribution in [0.5, 0.6) is 0 Å². The van der Waals surface area contributed by atoms with E-state index in [9.17, 15) is 4.79 Å². The largest absolute Gasteiger partial charge is 0.382 e. The second-order valence-corrected chi connectivity index (χ2v) is 7.07. The Morgan fingerprint density at radius 3 is 2.59 bits per heavy atom.